The van der Waals surface area contributed by atoms with Crippen LogP contribution in [0.15, 0.2) is 48.5 Å². The number of amides is 1. The first-order chi connectivity index (χ1) is 8.70. The van der Waals surface area contributed by atoms with Gasteiger partial charge in [-0.15, -0.1) is 0 Å². The van der Waals surface area contributed by atoms with E-state index >= 15 is 0 Å². The van der Waals surface area contributed by atoms with E-state index in [0.717, 1.165) is 16.8 Å². The molecule has 2 rings (SSSR count). The summed E-state index contributed by atoms with van der Waals surface area (Å²) in [4.78, 5) is 11.2. The van der Waals surface area contributed by atoms with Crippen LogP contribution < -0.4 is 5.32 Å². The Labute approximate surface area is 106 Å². The highest BCUT2D eigenvalue weighted by molar-refractivity contribution is 5.94. The number of nitrogens with zero attached hydrogens (tertiary/aromatic N) is 1. The summed E-state index contributed by atoms with van der Waals surface area (Å²) in [6.45, 7) is 1.47. The van der Waals surface area contributed by atoms with Crippen LogP contribution in [0.25, 0.3) is 11.1 Å². The van der Waals surface area contributed by atoms with Crippen LogP contribution in [-0.4, -0.2) is 5.91 Å². The molecule has 0 heterocycles. The maximum absolute atomic E-state index is 11.2. The van der Waals surface area contributed by atoms with E-state index in [0.29, 0.717) is 5.56 Å². The first-order valence-electron chi connectivity index (χ1n) is 5.58. The van der Waals surface area contributed by atoms with Gasteiger partial charge in [-0.2, -0.15) is 5.26 Å². The fraction of sp³-hybridized carbons (Fsp3) is 0.0667. The highest BCUT2D eigenvalue weighted by atomic mass is 16.1. The number of nitriles is 1. The summed E-state index contributed by atoms with van der Waals surface area (Å²) in [6.07, 6.45) is 0. The Morgan fingerprint density at radius 2 is 1.94 bits per heavy atom. The molecule has 0 saturated heterocycles. The third-order valence-electron chi connectivity index (χ3n) is 2.54. The summed E-state index contributed by atoms with van der Waals surface area (Å²) in [5.41, 5.74) is 3.17. The van der Waals surface area contributed by atoms with Gasteiger partial charge in [0.1, 0.15) is 0 Å². The standard InChI is InChI=1S/C15H12N2O/c1-11(18)17-15-8-3-2-7-14(15)13-6-4-5-12(9-13)10-16/h2-9H,1H3,(H,17,18). The lowest BCUT2D eigenvalue weighted by atomic mass is 10.0. The predicted molar refractivity (Wildman–Crippen MR) is 70.9 cm³/mol. The van der Waals surface area contributed by atoms with Crippen molar-refractivity contribution in [2.75, 3.05) is 5.32 Å². The minimum atomic E-state index is -0.112. The van der Waals surface area contributed by atoms with Crippen molar-refractivity contribution in [2.45, 2.75) is 6.92 Å². The Hall–Kier alpha value is -2.60. The predicted octanol–water partition coefficient (Wildman–Crippen LogP) is 3.18. The molecular formula is C15H12N2O. The molecule has 0 spiro atoms. The maximum atomic E-state index is 11.2. The van der Waals surface area contributed by atoms with Crippen LogP contribution in [0.5, 0.6) is 0 Å². The molecule has 0 aliphatic carbocycles. The van der Waals surface area contributed by atoms with E-state index in [1.807, 2.05) is 36.4 Å². The molecule has 1 N–H and O–H groups in total. The molecule has 3 nitrogen and oxygen atoms in total. The average molecular weight is 236 g/mol. The number of nitrogens with one attached hydrogen (secondary N) is 1. The summed E-state index contributed by atoms with van der Waals surface area (Å²) in [5, 5.41) is 11.7. The summed E-state index contributed by atoms with van der Waals surface area (Å²) >= 11 is 0. The van der Waals surface area contributed by atoms with E-state index in [9.17, 15) is 4.79 Å². The van der Waals surface area contributed by atoms with Gasteiger partial charge in [-0.3, -0.25) is 4.79 Å². The molecule has 0 saturated carbocycles. The fourth-order valence-electron chi connectivity index (χ4n) is 1.79. The van der Waals surface area contributed by atoms with Gasteiger partial charge < -0.3 is 5.32 Å². The van der Waals surface area contributed by atoms with Crippen LogP contribution >= 0.6 is 0 Å². The van der Waals surface area contributed by atoms with Gasteiger partial charge >= 0.3 is 0 Å². The normalized spacial score (nSPS) is 9.56. The van der Waals surface area contributed by atoms with Crippen LogP contribution in [0, 0.1) is 11.3 Å². The zero-order valence-electron chi connectivity index (χ0n) is 9.97. The van der Waals surface area contributed by atoms with E-state index in [1.54, 1.807) is 12.1 Å². The van der Waals surface area contributed by atoms with Crippen molar-refractivity contribution < 1.29 is 4.79 Å². The van der Waals surface area contributed by atoms with Crippen molar-refractivity contribution >= 4 is 11.6 Å². The lowest BCUT2D eigenvalue weighted by Crippen LogP contribution is -2.06. The average Bonchev–Trinajstić information content (AvgIpc) is 2.39. The molecule has 0 unspecified atom stereocenters. The molecule has 0 radical (unpaired) electrons. The van der Waals surface area contributed by atoms with Gasteiger partial charge in [0.15, 0.2) is 0 Å². The third kappa shape index (κ3) is 2.55. The third-order valence-corrected chi connectivity index (χ3v) is 2.54. The maximum Gasteiger partial charge on any atom is 0.221 e. The molecular weight excluding hydrogens is 224 g/mol. The summed E-state index contributed by atoms with van der Waals surface area (Å²) in [6, 6.07) is 16.9. The Balaban J connectivity index is 2.50. The highest BCUT2D eigenvalue weighted by Gasteiger charge is 2.06. The number of hydrogen-bond acceptors (Lipinski definition) is 2. The lowest BCUT2D eigenvalue weighted by Gasteiger charge is -2.10. The van der Waals surface area contributed by atoms with Crippen molar-refractivity contribution in [3.63, 3.8) is 0 Å². The van der Waals surface area contributed by atoms with Crippen LogP contribution in [0.4, 0.5) is 5.69 Å². The number of rotatable bonds is 2. The number of carbonyl (C=O) groups excluding carboxylic acids is 1. The van der Waals surface area contributed by atoms with Crippen molar-refractivity contribution in [1.82, 2.24) is 0 Å². The second-order valence-electron chi connectivity index (χ2n) is 3.92. The number of carbonyl (C=O) groups is 1. The van der Waals surface area contributed by atoms with Crippen molar-refractivity contribution in [2.24, 2.45) is 0 Å². The smallest absolute Gasteiger partial charge is 0.221 e. The largest absolute Gasteiger partial charge is 0.326 e. The molecule has 1 amide bonds. The summed E-state index contributed by atoms with van der Waals surface area (Å²) in [5.74, 6) is -0.112. The molecule has 0 aliphatic rings. The number of hydrogen-bond donors (Lipinski definition) is 1. The molecule has 0 aromatic heterocycles. The highest BCUT2D eigenvalue weighted by Crippen LogP contribution is 2.28. The number of anilines is 1. The van der Waals surface area contributed by atoms with Gasteiger partial charge in [0, 0.05) is 18.2 Å². The topological polar surface area (TPSA) is 52.9 Å². The van der Waals surface area contributed by atoms with E-state index < -0.39 is 0 Å². The molecule has 3 heteroatoms. The SMILES string of the molecule is CC(=O)Nc1ccccc1-c1cccc(C#N)c1. The van der Waals surface area contributed by atoms with Crippen molar-refractivity contribution in [3.05, 3.63) is 54.1 Å². The first-order valence-corrected chi connectivity index (χ1v) is 5.58. The minimum Gasteiger partial charge on any atom is -0.326 e. The Kier molecular flexibility index (Phi) is 3.40. The van der Waals surface area contributed by atoms with E-state index in [-0.39, 0.29) is 5.91 Å². The van der Waals surface area contributed by atoms with E-state index in [1.165, 1.54) is 6.92 Å². The minimum absolute atomic E-state index is 0.112. The fourth-order valence-corrected chi connectivity index (χ4v) is 1.79. The van der Waals surface area contributed by atoms with Crippen LogP contribution in [0.2, 0.25) is 0 Å². The van der Waals surface area contributed by atoms with Gasteiger partial charge in [-0.1, -0.05) is 30.3 Å². The van der Waals surface area contributed by atoms with Crippen LogP contribution in [0.3, 0.4) is 0 Å². The van der Waals surface area contributed by atoms with E-state index in [4.69, 9.17) is 5.26 Å². The molecule has 0 aliphatic heterocycles. The Morgan fingerprint density at radius 3 is 2.67 bits per heavy atom. The van der Waals surface area contributed by atoms with Crippen molar-refractivity contribution in [1.29, 1.82) is 5.26 Å². The Morgan fingerprint density at radius 1 is 1.17 bits per heavy atom. The molecule has 0 atom stereocenters. The first kappa shape index (κ1) is 11.9. The zero-order valence-corrected chi connectivity index (χ0v) is 9.97. The van der Waals surface area contributed by atoms with Crippen LogP contribution in [-0.2, 0) is 4.79 Å². The second-order valence-corrected chi connectivity index (χ2v) is 3.92. The molecule has 2 aromatic carbocycles. The Bertz CT molecular complexity index is 626. The number of benzene rings is 2. The zero-order chi connectivity index (χ0) is 13.0. The van der Waals surface area contributed by atoms with Crippen molar-refractivity contribution in [3.8, 4) is 17.2 Å². The molecule has 0 bridgehead atoms. The summed E-state index contributed by atoms with van der Waals surface area (Å²) < 4.78 is 0. The van der Waals surface area contributed by atoms with Gasteiger partial charge in [-0.25, -0.2) is 0 Å². The molecule has 2 aromatic rings. The molecule has 88 valence electrons. The molecule has 0 fully saturated rings. The lowest BCUT2D eigenvalue weighted by molar-refractivity contribution is -0.114. The monoisotopic (exact) mass is 236 g/mol. The van der Waals surface area contributed by atoms with Gasteiger partial charge in [0.05, 0.1) is 11.6 Å². The summed E-state index contributed by atoms with van der Waals surface area (Å²) in [7, 11) is 0. The van der Waals surface area contributed by atoms with Gasteiger partial charge in [-0.05, 0) is 23.8 Å². The van der Waals surface area contributed by atoms with E-state index in [2.05, 4.69) is 11.4 Å². The second kappa shape index (κ2) is 5.15. The van der Waals surface area contributed by atoms with Gasteiger partial charge in [0.2, 0.25) is 5.91 Å². The van der Waals surface area contributed by atoms with Crippen LogP contribution in [0.1, 0.15) is 12.5 Å². The van der Waals surface area contributed by atoms with Gasteiger partial charge in [0.25, 0.3) is 0 Å². The number of para-hydroxylation sites is 1. The molecule has 18 heavy (non-hydrogen) atoms. The quantitative estimate of drug-likeness (QED) is 0.870.